The SMILES string of the molecule is COc1cc([N+](=O)[O-])ccc1N1C[C@H](C(=O)O[C@H](C)C(=O)c2ccc(C)cc2)CC1=O. The highest BCUT2D eigenvalue weighted by Crippen LogP contribution is 2.36. The van der Waals surface area contributed by atoms with E-state index in [1.165, 1.54) is 37.1 Å². The van der Waals surface area contributed by atoms with Crippen molar-refractivity contribution in [3.63, 3.8) is 0 Å². The Kier molecular flexibility index (Phi) is 6.33. The van der Waals surface area contributed by atoms with Crippen molar-refractivity contribution in [2.45, 2.75) is 26.4 Å². The van der Waals surface area contributed by atoms with Crippen LogP contribution in [0.5, 0.6) is 5.75 Å². The zero-order valence-corrected chi connectivity index (χ0v) is 17.4. The molecule has 1 amide bonds. The van der Waals surface area contributed by atoms with Gasteiger partial charge in [-0.3, -0.25) is 24.5 Å². The smallest absolute Gasteiger partial charge is 0.312 e. The number of hydrogen-bond acceptors (Lipinski definition) is 7. The summed E-state index contributed by atoms with van der Waals surface area (Å²) in [6.45, 7) is 3.42. The number of carbonyl (C=O) groups excluding carboxylic acids is 3. The Hall–Kier alpha value is -3.75. The molecule has 31 heavy (non-hydrogen) atoms. The first-order valence-corrected chi connectivity index (χ1v) is 9.65. The van der Waals surface area contributed by atoms with Gasteiger partial charge in [0.1, 0.15) is 5.75 Å². The average Bonchev–Trinajstić information content (AvgIpc) is 3.14. The predicted molar refractivity (Wildman–Crippen MR) is 111 cm³/mol. The van der Waals surface area contributed by atoms with E-state index < -0.39 is 22.9 Å². The fraction of sp³-hybridized carbons (Fsp3) is 0.318. The molecule has 0 spiro atoms. The van der Waals surface area contributed by atoms with E-state index in [2.05, 4.69) is 0 Å². The topological polar surface area (TPSA) is 116 Å². The minimum atomic E-state index is -0.992. The molecule has 2 aromatic rings. The van der Waals surface area contributed by atoms with E-state index in [1.807, 2.05) is 6.92 Å². The molecule has 1 aliphatic rings. The summed E-state index contributed by atoms with van der Waals surface area (Å²) in [5.41, 5.74) is 1.60. The number of ether oxygens (including phenoxy) is 2. The van der Waals surface area contributed by atoms with Gasteiger partial charge in [-0.15, -0.1) is 0 Å². The summed E-state index contributed by atoms with van der Waals surface area (Å²) in [6, 6.07) is 10.8. The van der Waals surface area contributed by atoms with Crippen molar-refractivity contribution in [1.82, 2.24) is 0 Å². The third-order valence-corrected chi connectivity index (χ3v) is 5.12. The van der Waals surface area contributed by atoms with Gasteiger partial charge in [-0.1, -0.05) is 29.8 Å². The van der Waals surface area contributed by atoms with Gasteiger partial charge in [0.2, 0.25) is 11.7 Å². The van der Waals surface area contributed by atoms with E-state index in [1.54, 1.807) is 24.3 Å². The lowest BCUT2D eigenvalue weighted by molar-refractivity contribution is -0.384. The van der Waals surface area contributed by atoms with Crippen LogP contribution in [0.1, 0.15) is 29.3 Å². The van der Waals surface area contributed by atoms with Crippen molar-refractivity contribution in [2.75, 3.05) is 18.6 Å². The van der Waals surface area contributed by atoms with E-state index >= 15 is 0 Å². The number of rotatable bonds is 7. The Morgan fingerprint density at radius 2 is 1.87 bits per heavy atom. The molecule has 2 aromatic carbocycles. The molecule has 0 N–H and O–H groups in total. The third kappa shape index (κ3) is 4.71. The number of nitro benzene ring substituents is 1. The number of nitro groups is 1. The van der Waals surface area contributed by atoms with Crippen LogP contribution >= 0.6 is 0 Å². The molecule has 0 bridgehead atoms. The van der Waals surface area contributed by atoms with Crippen molar-refractivity contribution < 1.29 is 28.8 Å². The monoisotopic (exact) mass is 426 g/mol. The van der Waals surface area contributed by atoms with Gasteiger partial charge >= 0.3 is 5.97 Å². The van der Waals surface area contributed by atoms with Gasteiger partial charge in [-0.25, -0.2) is 0 Å². The summed E-state index contributed by atoms with van der Waals surface area (Å²) in [5, 5.41) is 11.0. The molecular formula is C22H22N2O7. The van der Waals surface area contributed by atoms with Crippen LogP contribution < -0.4 is 9.64 Å². The van der Waals surface area contributed by atoms with Gasteiger partial charge in [0.05, 0.1) is 29.7 Å². The van der Waals surface area contributed by atoms with Gasteiger partial charge in [0.15, 0.2) is 6.10 Å². The molecular weight excluding hydrogens is 404 g/mol. The number of amides is 1. The van der Waals surface area contributed by atoms with E-state index in [4.69, 9.17) is 9.47 Å². The Bertz CT molecular complexity index is 1030. The maximum Gasteiger partial charge on any atom is 0.312 e. The largest absolute Gasteiger partial charge is 0.494 e. The standard InChI is InChI=1S/C22H22N2O7/c1-13-4-6-15(7-5-13)21(26)14(2)31-22(27)16-10-20(25)23(12-16)18-9-8-17(24(28)29)11-19(18)30-3/h4-9,11,14,16H,10,12H2,1-3H3/t14-,16-/m1/s1. The molecule has 9 nitrogen and oxygen atoms in total. The lowest BCUT2D eigenvalue weighted by Gasteiger charge is -2.19. The number of ketones is 1. The van der Waals surface area contributed by atoms with Gasteiger partial charge in [0.25, 0.3) is 5.69 Å². The van der Waals surface area contributed by atoms with Crippen molar-refractivity contribution >= 4 is 29.0 Å². The Morgan fingerprint density at radius 1 is 1.19 bits per heavy atom. The fourth-order valence-corrected chi connectivity index (χ4v) is 3.38. The second-order valence-electron chi connectivity index (χ2n) is 7.33. The summed E-state index contributed by atoms with van der Waals surface area (Å²) < 4.78 is 10.5. The average molecular weight is 426 g/mol. The molecule has 0 aliphatic carbocycles. The molecule has 1 saturated heterocycles. The molecule has 0 unspecified atom stereocenters. The molecule has 1 heterocycles. The van der Waals surface area contributed by atoms with Crippen LogP contribution in [-0.2, 0) is 14.3 Å². The van der Waals surface area contributed by atoms with E-state index in [0.29, 0.717) is 11.3 Å². The van der Waals surface area contributed by atoms with Crippen molar-refractivity contribution in [3.8, 4) is 5.75 Å². The zero-order valence-electron chi connectivity index (χ0n) is 17.4. The number of non-ortho nitro benzene ring substituents is 1. The highest BCUT2D eigenvalue weighted by atomic mass is 16.6. The van der Waals surface area contributed by atoms with Crippen LogP contribution in [-0.4, -0.2) is 42.3 Å². The van der Waals surface area contributed by atoms with Crippen LogP contribution in [0.4, 0.5) is 11.4 Å². The molecule has 9 heteroatoms. The van der Waals surface area contributed by atoms with Gasteiger partial charge in [0, 0.05) is 24.6 Å². The van der Waals surface area contributed by atoms with Crippen LogP contribution in [0.2, 0.25) is 0 Å². The Morgan fingerprint density at radius 3 is 2.48 bits per heavy atom. The number of benzene rings is 2. The summed E-state index contributed by atoms with van der Waals surface area (Å²) in [4.78, 5) is 49.3. The predicted octanol–water partition coefficient (Wildman–Crippen LogP) is 3.08. The molecule has 0 saturated carbocycles. The molecule has 3 rings (SSSR count). The Balaban J connectivity index is 1.69. The van der Waals surface area contributed by atoms with Gasteiger partial charge in [-0.2, -0.15) is 0 Å². The molecule has 2 atom stereocenters. The minimum absolute atomic E-state index is 0.0251. The normalized spacial score (nSPS) is 16.7. The highest BCUT2D eigenvalue weighted by molar-refractivity contribution is 6.02. The maximum absolute atomic E-state index is 12.6. The molecule has 1 aliphatic heterocycles. The van der Waals surface area contributed by atoms with E-state index in [-0.39, 0.29) is 36.1 Å². The van der Waals surface area contributed by atoms with Crippen LogP contribution in [0, 0.1) is 23.0 Å². The van der Waals surface area contributed by atoms with Crippen molar-refractivity contribution in [3.05, 3.63) is 63.7 Å². The quantitative estimate of drug-likeness (QED) is 0.289. The number of esters is 1. The van der Waals surface area contributed by atoms with E-state index in [0.717, 1.165) is 5.56 Å². The number of carbonyl (C=O) groups is 3. The first-order chi connectivity index (χ1) is 14.7. The molecule has 1 fully saturated rings. The first-order valence-electron chi connectivity index (χ1n) is 9.65. The lowest BCUT2D eigenvalue weighted by Crippen LogP contribution is -2.30. The minimum Gasteiger partial charge on any atom is -0.494 e. The van der Waals surface area contributed by atoms with Gasteiger partial charge < -0.3 is 14.4 Å². The third-order valence-electron chi connectivity index (χ3n) is 5.12. The number of anilines is 1. The van der Waals surface area contributed by atoms with Crippen molar-refractivity contribution in [1.29, 1.82) is 0 Å². The Labute approximate surface area is 178 Å². The van der Waals surface area contributed by atoms with E-state index in [9.17, 15) is 24.5 Å². The second kappa shape index (κ2) is 8.95. The van der Waals surface area contributed by atoms with Gasteiger partial charge in [-0.05, 0) is 19.9 Å². The summed E-state index contributed by atoms with van der Waals surface area (Å²) in [7, 11) is 1.34. The lowest BCUT2D eigenvalue weighted by atomic mass is 10.1. The number of hydrogen-bond donors (Lipinski definition) is 0. The summed E-state index contributed by atoms with van der Waals surface area (Å²) in [5.74, 6) is -1.93. The van der Waals surface area contributed by atoms with Crippen LogP contribution in [0.15, 0.2) is 42.5 Å². The summed E-state index contributed by atoms with van der Waals surface area (Å²) >= 11 is 0. The first kappa shape index (κ1) is 21.9. The number of Topliss-reactive ketones (excluding diaryl/α,β-unsaturated/α-hetero) is 1. The van der Waals surface area contributed by atoms with Crippen LogP contribution in [0.25, 0.3) is 0 Å². The molecule has 0 aromatic heterocycles. The molecule has 162 valence electrons. The number of methoxy groups -OCH3 is 1. The number of aryl methyl sites for hydroxylation is 1. The van der Waals surface area contributed by atoms with Crippen molar-refractivity contribution in [2.24, 2.45) is 5.92 Å². The maximum atomic E-state index is 12.6. The number of nitrogens with zero attached hydrogens (tertiary/aromatic N) is 2. The molecule has 0 radical (unpaired) electrons. The highest BCUT2D eigenvalue weighted by Gasteiger charge is 2.38. The zero-order chi connectivity index (χ0) is 22.7. The van der Waals surface area contributed by atoms with Crippen LogP contribution in [0.3, 0.4) is 0 Å². The fourth-order valence-electron chi connectivity index (χ4n) is 3.38. The second-order valence-corrected chi connectivity index (χ2v) is 7.33. The summed E-state index contributed by atoms with van der Waals surface area (Å²) in [6.07, 6.45) is -1.09.